The molecule has 27 heavy (non-hydrogen) atoms. The Hall–Kier alpha value is -2.24. The van der Waals surface area contributed by atoms with Crippen LogP contribution in [0.2, 0.25) is 0 Å². The van der Waals surface area contributed by atoms with Crippen LogP contribution in [0.1, 0.15) is 52.0 Å². The standard InChI is InChI=1S/C21H30N2O4/c1-4-6-19(24)22-16-7-5-10-23(14-16)20(25)21(2,3)15-8-9-17-18(13-15)27-12-11-26-17/h8-9,13,16H,4-7,10-12,14H2,1-3H3,(H,22,24). The van der Waals surface area contributed by atoms with Gasteiger partial charge in [-0.05, 0) is 50.8 Å². The van der Waals surface area contributed by atoms with E-state index >= 15 is 0 Å². The highest BCUT2D eigenvalue weighted by atomic mass is 16.6. The molecule has 0 aliphatic carbocycles. The second-order valence-corrected chi connectivity index (χ2v) is 7.89. The molecule has 6 heteroatoms. The maximum absolute atomic E-state index is 13.3. The fourth-order valence-corrected chi connectivity index (χ4v) is 3.76. The number of nitrogens with one attached hydrogen (secondary N) is 1. The molecule has 6 nitrogen and oxygen atoms in total. The van der Waals surface area contributed by atoms with Crippen LogP contribution in [0.4, 0.5) is 0 Å². The summed E-state index contributed by atoms with van der Waals surface area (Å²) in [4.78, 5) is 27.1. The third-order valence-corrected chi connectivity index (χ3v) is 5.35. The first-order valence-corrected chi connectivity index (χ1v) is 9.90. The summed E-state index contributed by atoms with van der Waals surface area (Å²) in [6.07, 6.45) is 3.19. The zero-order valence-corrected chi connectivity index (χ0v) is 16.5. The van der Waals surface area contributed by atoms with Crippen molar-refractivity contribution in [3.8, 4) is 11.5 Å². The van der Waals surface area contributed by atoms with E-state index in [4.69, 9.17) is 9.47 Å². The van der Waals surface area contributed by atoms with Gasteiger partial charge in [0.2, 0.25) is 11.8 Å². The fourth-order valence-electron chi connectivity index (χ4n) is 3.76. The number of hydrogen-bond donors (Lipinski definition) is 1. The highest BCUT2D eigenvalue weighted by Gasteiger charge is 2.36. The topological polar surface area (TPSA) is 67.9 Å². The van der Waals surface area contributed by atoms with Crippen LogP contribution in [0.25, 0.3) is 0 Å². The molecule has 148 valence electrons. The van der Waals surface area contributed by atoms with Gasteiger partial charge in [0.05, 0.1) is 5.41 Å². The van der Waals surface area contributed by atoms with Gasteiger partial charge < -0.3 is 19.7 Å². The number of benzene rings is 1. The maximum Gasteiger partial charge on any atom is 0.232 e. The van der Waals surface area contributed by atoms with Crippen molar-refractivity contribution in [3.63, 3.8) is 0 Å². The normalized spacial score (nSPS) is 19.5. The molecule has 2 amide bonds. The Morgan fingerprint density at radius 1 is 1.22 bits per heavy atom. The molecule has 3 rings (SSSR count). The number of likely N-dealkylation sites (tertiary alicyclic amines) is 1. The largest absolute Gasteiger partial charge is 0.486 e. The van der Waals surface area contributed by atoms with Crippen LogP contribution in [-0.2, 0) is 15.0 Å². The highest BCUT2D eigenvalue weighted by Crippen LogP contribution is 2.36. The van der Waals surface area contributed by atoms with Crippen molar-refractivity contribution in [1.82, 2.24) is 10.2 Å². The molecule has 1 N–H and O–H groups in total. The smallest absolute Gasteiger partial charge is 0.232 e. The molecule has 0 spiro atoms. The van der Waals surface area contributed by atoms with E-state index in [1.54, 1.807) is 0 Å². The minimum atomic E-state index is -0.675. The summed E-state index contributed by atoms with van der Waals surface area (Å²) >= 11 is 0. The first kappa shape index (κ1) is 19.5. The Kier molecular flexibility index (Phi) is 5.92. The minimum absolute atomic E-state index is 0.0396. The molecular weight excluding hydrogens is 344 g/mol. The molecule has 2 aliphatic heterocycles. The summed E-state index contributed by atoms with van der Waals surface area (Å²) in [6.45, 7) is 8.26. The molecule has 1 fully saturated rings. The first-order chi connectivity index (χ1) is 12.9. The first-order valence-electron chi connectivity index (χ1n) is 9.90. The third-order valence-electron chi connectivity index (χ3n) is 5.35. The number of piperidine rings is 1. The number of amides is 2. The van der Waals surface area contributed by atoms with E-state index in [1.165, 1.54) is 0 Å². The van der Waals surface area contributed by atoms with Crippen LogP contribution in [0, 0.1) is 0 Å². The van der Waals surface area contributed by atoms with Gasteiger partial charge in [0.25, 0.3) is 0 Å². The Labute approximate surface area is 161 Å². The van der Waals surface area contributed by atoms with E-state index < -0.39 is 5.41 Å². The number of carbonyl (C=O) groups excluding carboxylic acids is 2. The number of hydrogen-bond acceptors (Lipinski definition) is 4. The van der Waals surface area contributed by atoms with Crippen LogP contribution in [-0.4, -0.2) is 49.1 Å². The van der Waals surface area contributed by atoms with Crippen LogP contribution >= 0.6 is 0 Å². The van der Waals surface area contributed by atoms with Crippen LogP contribution < -0.4 is 14.8 Å². The summed E-state index contributed by atoms with van der Waals surface area (Å²) in [5.41, 5.74) is 0.236. The van der Waals surface area contributed by atoms with E-state index in [-0.39, 0.29) is 17.9 Å². The van der Waals surface area contributed by atoms with Gasteiger partial charge in [0.1, 0.15) is 13.2 Å². The predicted octanol–water partition coefficient (Wildman–Crippen LogP) is 2.64. The summed E-state index contributed by atoms with van der Waals surface area (Å²) in [6, 6.07) is 5.77. The molecule has 1 saturated heterocycles. The molecule has 1 unspecified atom stereocenters. The fraction of sp³-hybridized carbons (Fsp3) is 0.619. The number of nitrogens with zero attached hydrogens (tertiary/aromatic N) is 1. The average Bonchev–Trinajstić information content (AvgIpc) is 2.67. The van der Waals surface area contributed by atoms with E-state index in [0.29, 0.717) is 31.9 Å². The quantitative estimate of drug-likeness (QED) is 0.860. The second kappa shape index (κ2) is 8.19. The van der Waals surface area contributed by atoms with Crippen LogP contribution in [0.5, 0.6) is 11.5 Å². The van der Waals surface area contributed by atoms with Gasteiger partial charge >= 0.3 is 0 Å². The van der Waals surface area contributed by atoms with Crippen molar-refractivity contribution in [3.05, 3.63) is 23.8 Å². The van der Waals surface area contributed by atoms with Crippen molar-refractivity contribution in [2.24, 2.45) is 0 Å². The van der Waals surface area contributed by atoms with E-state index in [2.05, 4.69) is 5.32 Å². The van der Waals surface area contributed by atoms with Gasteiger partial charge in [0.15, 0.2) is 11.5 Å². The number of rotatable bonds is 5. The van der Waals surface area contributed by atoms with E-state index in [0.717, 1.165) is 37.1 Å². The molecule has 1 aromatic rings. The van der Waals surface area contributed by atoms with Gasteiger partial charge in [0, 0.05) is 25.6 Å². The van der Waals surface area contributed by atoms with E-state index in [1.807, 2.05) is 43.9 Å². The summed E-state index contributed by atoms with van der Waals surface area (Å²) in [5, 5.41) is 3.07. The molecule has 2 heterocycles. The summed E-state index contributed by atoms with van der Waals surface area (Å²) in [7, 11) is 0. The molecule has 1 aromatic carbocycles. The monoisotopic (exact) mass is 374 g/mol. The lowest BCUT2D eigenvalue weighted by Gasteiger charge is -2.38. The molecule has 1 atom stereocenters. The van der Waals surface area contributed by atoms with Gasteiger partial charge in [-0.2, -0.15) is 0 Å². The van der Waals surface area contributed by atoms with Crippen molar-refractivity contribution in [2.75, 3.05) is 26.3 Å². The number of ether oxygens (including phenoxy) is 2. The summed E-state index contributed by atoms with van der Waals surface area (Å²) in [5.74, 6) is 1.57. The van der Waals surface area contributed by atoms with Crippen molar-refractivity contribution in [2.45, 2.75) is 57.9 Å². The molecule has 0 bridgehead atoms. The molecule has 0 radical (unpaired) electrons. The minimum Gasteiger partial charge on any atom is -0.486 e. The molecule has 0 aromatic heterocycles. The SMILES string of the molecule is CCCC(=O)NC1CCCN(C(=O)C(C)(C)c2ccc3c(c2)OCCO3)C1. The number of carbonyl (C=O) groups is 2. The lowest BCUT2D eigenvalue weighted by molar-refractivity contribution is -0.138. The Bertz CT molecular complexity index is 701. The third kappa shape index (κ3) is 4.37. The second-order valence-electron chi connectivity index (χ2n) is 7.89. The van der Waals surface area contributed by atoms with Crippen molar-refractivity contribution < 1.29 is 19.1 Å². The van der Waals surface area contributed by atoms with Gasteiger partial charge in [-0.1, -0.05) is 13.0 Å². The van der Waals surface area contributed by atoms with Gasteiger partial charge in [-0.3, -0.25) is 9.59 Å². The molecule has 0 saturated carbocycles. The lowest BCUT2D eigenvalue weighted by atomic mass is 9.82. The zero-order valence-electron chi connectivity index (χ0n) is 16.5. The molecular formula is C21H30N2O4. The van der Waals surface area contributed by atoms with Gasteiger partial charge in [-0.15, -0.1) is 0 Å². The lowest BCUT2D eigenvalue weighted by Crippen LogP contribution is -2.53. The average molecular weight is 374 g/mol. The summed E-state index contributed by atoms with van der Waals surface area (Å²) < 4.78 is 11.2. The van der Waals surface area contributed by atoms with E-state index in [9.17, 15) is 9.59 Å². The Balaban J connectivity index is 1.70. The maximum atomic E-state index is 13.3. The molecule has 2 aliphatic rings. The zero-order chi connectivity index (χ0) is 19.4. The van der Waals surface area contributed by atoms with Gasteiger partial charge in [-0.25, -0.2) is 0 Å². The number of fused-ring (bicyclic) bond motifs is 1. The van der Waals surface area contributed by atoms with Crippen molar-refractivity contribution >= 4 is 11.8 Å². The van der Waals surface area contributed by atoms with Crippen LogP contribution in [0.15, 0.2) is 18.2 Å². The highest BCUT2D eigenvalue weighted by molar-refractivity contribution is 5.88. The Morgan fingerprint density at radius 3 is 2.70 bits per heavy atom. The van der Waals surface area contributed by atoms with Crippen LogP contribution in [0.3, 0.4) is 0 Å². The van der Waals surface area contributed by atoms with Crippen molar-refractivity contribution in [1.29, 1.82) is 0 Å². The Morgan fingerprint density at radius 2 is 1.96 bits per heavy atom. The predicted molar refractivity (Wildman–Crippen MR) is 103 cm³/mol.